The normalized spacial score (nSPS) is 11.8. The number of halogens is 3. The van der Waals surface area contributed by atoms with Crippen LogP contribution in [0.3, 0.4) is 0 Å². The SMILES string of the molecule is CCN(CC(F)(F)F)c1nc2ccccc2cc1CO. The van der Waals surface area contributed by atoms with Gasteiger partial charge in [-0.15, -0.1) is 0 Å². The van der Waals surface area contributed by atoms with Crippen LogP contribution in [0.4, 0.5) is 19.0 Å². The van der Waals surface area contributed by atoms with Gasteiger partial charge < -0.3 is 10.0 Å². The molecule has 0 atom stereocenters. The van der Waals surface area contributed by atoms with Crippen molar-refractivity contribution in [3.05, 3.63) is 35.9 Å². The third-order valence-electron chi connectivity index (χ3n) is 3.00. The van der Waals surface area contributed by atoms with E-state index in [1.165, 1.54) is 0 Å². The van der Waals surface area contributed by atoms with Crippen molar-refractivity contribution in [1.29, 1.82) is 0 Å². The average molecular weight is 284 g/mol. The lowest BCUT2D eigenvalue weighted by Gasteiger charge is -2.25. The molecule has 3 nitrogen and oxygen atoms in total. The largest absolute Gasteiger partial charge is 0.405 e. The van der Waals surface area contributed by atoms with Crippen LogP contribution in [-0.4, -0.2) is 29.4 Å². The van der Waals surface area contributed by atoms with Gasteiger partial charge in [-0.2, -0.15) is 13.2 Å². The van der Waals surface area contributed by atoms with Crippen molar-refractivity contribution in [2.24, 2.45) is 0 Å². The molecule has 0 amide bonds. The zero-order valence-corrected chi connectivity index (χ0v) is 11.0. The monoisotopic (exact) mass is 284 g/mol. The molecule has 0 fully saturated rings. The molecule has 6 heteroatoms. The number of fused-ring (bicyclic) bond motifs is 1. The first-order chi connectivity index (χ1) is 9.44. The van der Waals surface area contributed by atoms with Gasteiger partial charge in [-0.25, -0.2) is 4.98 Å². The van der Waals surface area contributed by atoms with Crippen LogP contribution in [-0.2, 0) is 6.61 Å². The number of hydrogen-bond donors (Lipinski definition) is 1. The second kappa shape index (κ2) is 5.66. The summed E-state index contributed by atoms with van der Waals surface area (Å²) in [6, 6.07) is 8.82. The summed E-state index contributed by atoms with van der Waals surface area (Å²) in [5.74, 6) is 0.186. The molecule has 0 bridgehead atoms. The molecule has 0 saturated heterocycles. The summed E-state index contributed by atoms with van der Waals surface area (Å²) in [4.78, 5) is 5.39. The highest BCUT2D eigenvalue weighted by molar-refractivity contribution is 5.81. The van der Waals surface area contributed by atoms with E-state index in [4.69, 9.17) is 0 Å². The summed E-state index contributed by atoms with van der Waals surface area (Å²) in [7, 11) is 0. The van der Waals surface area contributed by atoms with E-state index in [-0.39, 0.29) is 19.0 Å². The standard InChI is InChI=1S/C14H15F3N2O/c1-2-19(9-14(15,16)17)13-11(8-20)7-10-5-3-4-6-12(10)18-13/h3-7,20H,2,8-9H2,1H3. The highest BCUT2D eigenvalue weighted by Crippen LogP contribution is 2.26. The van der Waals surface area contributed by atoms with Crippen molar-refractivity contribution in [3.63, 3.8) is 0 Å². The summed E-state index contributed by atoms with van der Waals surface area (Å²) in [5, 5.41) is 10.2. The maximum Gasteiger partial charge on any atom is 0.405 e. The summed E-state index contributed by atoms with van der Waals surface area (Å²) >= 11 is 0. The molecule has 108 valence electrons. The molecule has 1 aromatic carbocycles. The molecule has 1 aromatic heterocycles. The van der Waals surface area contributed by atoms with E-state index < -0.39 is 12.7 Å². The summed E-state index contributed by atoms with van der Waals surface area (Å²) in [6.07, 6.45) is -4.31. The van der Waals surface area contributed by atoms with Gasteiger partial charge in [-0.05, 0) is 19.1 Å². The minimum absolute atomic E-state index is 0.165. The second-order valence-electron chi connectivity index (χ2n) is 4.45. The Balaban J connectivity index is 2.50. The van der Waals surface area contributed by atoms with Crippen LogP contribution in [0.15, 0.2) is 30.3 Å². The molecule has 0 radical (unpaired) electrons. The molecule has 0 saturated carbocycles. The van der Waals surface area contributed by atoms with Crippen molar-refractivity contribution in [2.45, 2.75) is 19.7 Å². The quantitative estimate of drug-likeness (QED) is 0.937. The first-order valence-corrected chi connectivity index (χ1v) is 6.26. The molecular formula is C14H15F3N2O. The van der Waals surface area contributed by atoms with Gasteiger partial charge in [-0.1, -0.05) is 18.2 Å². The number of benzene rings is 1. The molecule has 0 spiro atoms. The smallest absolute Gasteiger partial charge is 0.392 e. The third-order valence-corrected chi connectivity index (χ3v) is 3.00. The lowest BCUT2D eigenvalue weighted by Crippen LogP contribution is -2.35. The predicted molar refractivity (Wildman–Crippen MR) is 71.6 cm³/mol. The molecule has 0 aliphatic carbocycles. The Hall–Kier alpha value is -1.82. The Kier molecular flexibility index (Phi) is 4.13. The van der Waals surface area contributed by atoms with E-state index in [0.29, 0.717) is 11.1 Å². The number of hydrogen-bond acceptors (Lipinski definition) is 3. The fourth-order valence-electron chi connectivity index (χ4n) is 2.09. The van der Waals surface area contributed by atoms with Crippen molar-refractivity contribution in [3.8, 4) is 0 Å². The van der Waals surface area contributed by atoms with E-state index in [0.717, 1.165) is 10.3 Å². The average Bonchev–Trinajstić information content (AvgIpc) is 2.42. The molecule has 1 heterocycles. The van der Waals surface area contributed by atoms with Gasteiger partial charge in [0.05, 0.1) is 12.1 Å². The minimum atomic E-state index is -4.31. The third kappa shape index (κ3) is 3.19. The van der Waals surface area contributed by atoms with Gasteiger partial charge in [0.15, 0.2) is 0 Å². The van der Waals surface area contributed by atoms with Crippen LogP contribution in [0.5, 0.6) is 0 Å². The zero-order chi connectivity index (χ0) is 14.8. The van der Waals surface area contributed by atoms with Crippen molar-refractivity contribution in [2.75, 3.05) is 18.0 Å². The number of aliphatic hydroxyl groups is 1. The van der Waals surface area contributed by atoms with Crippen LogP contribution < -0.4 is 4.90 Å². The van der Waals surface area contributed by atoms with Crippen LogP contribution in [0.25, 0.3) is 10.9 Å². The van der Waals surface area contributed by atoms with Crippen molar-refractivity contribution >= 4 is 16.7 Å². The van der Waals surface area contributed by atoms with Gasteiger partial charge in [0.2, 0.25) is 0 Å². The van der Waals surface area contributed by atoms with Crippen LogP contribution in [0.1, 0.15) is 12.5 Å². The Labute approximate surface area is 114 Å². The molecule has 20 heavy (non-hydrogen) atoms. The van der Waals surface area contributed by atoms with Crippen molar-refractivity contribution in [1.82, 2.24) is 4.98 Å². The number of rotatable bonds is 4. The van der Waals surface area contributed by atoms with Gasteiger partial charge in [0.25, 0.3) is 0 Å². The van der Waals surface area contributed by atoms with Gasteiger partial charge >= 0.3 is 6.18 Å². The van der Waals surface area contributed by atoms with E-state index in [1.807, 2.05) is 12.1 Å². The summed E-state index contributed by atoms with van der Waals surface area (Å²) < 4.78 is 37.8. The van der Waals surface area contributed by atoms with Crippen LogP contribution >= 0.6 is 0 Å². The van der Waals surface area contributed by atoms with E-state index >= 15 is 0 Å². The van der Waals surface area contributed by atoms with Gasteiger partial charge in [0.1, 0.15) is 12.4 Å². The fraction of sp³-hybridized carbons (Fsp3) is 0.357. The maximum absolute atomic E-state index is 12.6. The number of aromatic nitrogens is 1. The summed E-state index contributed by atoms with van der Waals surface area (Å²) in [6.45, 7) is 0.366. The fourth-order valence-corrected chi connectivity index (χ4v) is 2.09. The predicted octanol–water partition coefficient (Wildman–Crippen LogP) is 3.12. The lowest BCUT2D eigenvalue weighted by molar-refractivity contribution is -0.119. The molecule has 2 rings (SSSR count). The summed E-state index contributed by atoms with van der Waals surface area (Å²) in [5.41, 5.74) is 1.01. The number of alkyl halides is 3. The van der Waals surface area contributed by atoms with Crippen molar-refractivity contribution < 1.29 is 18.3 Å². The molecular weight excluding hydrogens is 269 g/mol. The number of aliphatic hydroxyl groups excluding tert-OH is 1. The number of anilines is 1. The Morgan fingerprint density at radius 2 is 1.95 bits per heavy atom. The van der Waals surface area contributed by atoms with Gasteiger partial charge in [-0.3, -0.25) is 0 Å². The topological polar surface area (TPSA) is 36.4 Å². The Morgan fingerprint density at radius 3 is 2.55 bits per heavy atom. The van der Waals surface area contributed by atoms with Gasteiger partial charge in [0, 0.05) is 17.5 Å². The highest BCUT2D eigenvalue weighted by atomic mass is 19.4. The number of para-hydroxylation sites is 1. The molecule has 0 aliphatic heterocycles. The highest BCUT2D eigenvalue weighted by Gasteiger charge is 2.31. The molecule has 1 N–H and O–H groups in total. The minimum Gasteiger partial charge on any atom is -0.392 e. The maximum atomic E-state index is 12.6. The molecule has 2 aromatic rings. The lowest BCUT2D eigenvalue weighted by atomic mass is 10.1. The number of nitrogens with zero attached hydrogens (tertiary/aromatic N) is 2. The van der Waals surface area contributed by atoms with E-state index in [2.05, 4.69) is 4.98 Å². The zero-order valence-electron chi connectivity index (χ0n) is 11.0. The number of pyridine rings is 1. The Morgan fingerprint density at radius 1 is 1.25 bits per heavy atom. The molecule has 0 aliphatic rings. The van der Waals surface area contributed by atoms with E-state index in [9.17, 15) is 18.3 Å². The Bertz CT molecular complexity index is 598. The first-order valence-electron chi connectivity index (χ1n) is 6.26. The van der Waals surface area contributed by atoms with Crippen LogP contribution in [0.2, 0.25) is 0 Å². The first kappa shape index (κ1) is 14.6. The molecule has 0 unspecified atom stereocenters. The van der Waals surface area contributed by atoms with Crippen LogP contribution in [0, 0.1) is 0 Å². The second-order valence-corrected chi connectivity index (χ2v) is 4.45. The van der Waals surface area contributed by atoms with E-state index in [1.54, 1.807) is 25.1 Å².